The first-order valence-electron chi connectivity index (χ1n) is 11.6. The average molecular weight is 475 g/mol. The molecule has 2 aromatic carbocycles. The van der Waals surface area contributed by atoms with E-state index < -0.39 is 24.0 Å². The SMILES string of the molecule is Cn1nc(C(=O)N[C@@H](CC2CC2)C(=O)O)cc1NC(=O)OCC1c2ccccc2-c2ccccc21. The van der Waals surface area contributed by atoms with Gasteiger partial charge in [0.2, 0.25) is 0 Å². The Morgan fingerprint density at radius 2 is 1.71 bits per heavy atom. The Bertz CT molecular complexity index is 1250. The molecular weight excluding hydrogens is 448 g/mol. The standard InChI is InChI=1S/C26H26N4O5/c1-30-23(13-21(29-30)24(31)27-22(25(32)33)12-15-10-11-15)28-26(34)35-14-20-18-8-4-2-6-16(18)17-7-3-5-9-19(17)20/h2-9,13,15,20,22H,10-12,14H2,1H3,(H,27,31)(H,28,34)(H,32,33)/t22-/m0/s1. The minimum Gasteiger partial charge on any atom is -0.480 e. The fourth-order valence-electron chi connectivity index (χ4n) is 4.57. The highest BCUT2D eigenvalue weighted by molar-refractivity contribution is 5.96. The minimum absolute atomic E-state index is 0.0171. The Balaban J connectivity index is 1.22. The first-order valence-corrected chi connectivity index (χ1v) is 11.6. The number of nitrogens with one attached hydrogen (secondary N) is 2. The van der Waals surface area contributed by atoms with Crippen LogP contribution in [-0.4, -0.2) is 45.5 Å². The van der Waals surface area contributed by atoms with Crippen LogP contribution in [0.1, 0.15) is 46.8 Å². The molecular formula is C26H26N4O5. The van der Waals surface area contributed by atoms with Gasteiger partial charge in [-0.15, -0.1) is 0 Å². The van der Waals surface area contributed by atoms with Crippen LogP contribution in [0.4, 0.5) is 10.6 Å². The number of hydrogen-bond acceptors (Lipinski definition) is 5. The van der Waals surface area contributed by atoms with E-state index in [1.54, 1.807) is 7.05 Å². The zero-order valence-corrected chi connectivity index (χ0v) is 19.2. The third-order valence-corrected chi connectivity index (χ3v) is 6.56. The highest BCUT2D eigenvalue weighted by atomic mass is 16.5. The molecule has 1 fully saturated rings. The van der Waals surface area contributed by atoms with E-state index in [1.165, 1.54) is 10.7 Å². The molecule has 5 rings (SSSR count). The molecule has 9 heteroatoms. The Kier molecular flexibility index (Phi) is 5.98. The lowest BCUT2D eigenvalue weighted by Crippen LogP contribution is -2.41. The zero-order valence-electron chi connectivity index (χ0n) is 19.2. The quantitative estimate of drug-likeness (QED) is 0.457. The molecule has 0 radical (unpaired) electrons. The summed E-state index contributed by atoms with van der Waals surface area (Å²) in [4.78, 5) is 36.6. The molecule has 2 aliphatic rings. The highest BCUT2D eigenvalue weighted by Gasteiger charge is 2.31. The van der Waals surface area contributed by atoms with Gasteiger partial charge in [-0.1, -0.05) is 61.4 Å². The summed E-state index contributed by atoms with van der Waals surface area (Å²) >= 11 is 0. The second kappa shape index (κ2) is 9.25. The number of fused-ring (bicyclic) bond motifs is 3. The molecule has 9 nitrogen and oxygen atoms in total. The summed E-state index contributed by atoms with van der Waals surface area (Å²) in [5, 5.41) is 18.6. The van der Waals surface area contributed by atoms with Crippen molar-refractivity contribution < 1.29 is 24.2 Å². The van der Waals surface area contributed by atoms with Gasteiger partial charge in [0.1, 0.15) is 18.5 Å². The number of aliphatic carboxylic acids is 1. The fraction of sp³-hybridized carbons (Fsp3) is 0.308. The second-order valence-corrected chi connectivity index (χ2v) is 9.03. The van der Waals surface area contributed by atoms with Gasteiger partial charge in [-0.05, 0) is 34.6 Å². The lowest BCUT2D eigenvalue weighted by Gasteiger charge is -2.14. The topological polar surface area (TPSA) is 123 Å². The number of carboxylic acids is 1. The predicted molar refractivity (Wildman–Crippen MR) is 128 cm³/mol. The van der Waals surface area contributed by atoms with Crippen molar-refractivity contribution in [2.45, 2.75) is 31.2 Å². The van der Waals surface area contributed by atoms with Gasteiger partial charge < -0.3 is 15.2 Å². The first kappa shape index (κ1) is 22.6. The van der Waals surface area contributed by atoms with Gasteiger partial charge in [0.15, 0.2) is 5.69 Å². The lowest BCUT2D eigenvalue weighted by atomic mass is 9.98. The molecule has 2 aliphatic carbocycles. The number of rotatable bonds is 8. The number of carbonyl (C=O) groups is 3. The Hall–Kier alpha value is -4.14. The van der Waals surface area contributed by atoms with E-state index >= 15 is 0 Å². The van der Waals surface area contributed by atoms with Crippen LogP contribution >= 0.6 is 0 Å². The Labute approximate surface area is 202 Å². The van der Waals surface area contributed by atoms with E-state index in [9.17, 15) is 19.5 Å². The molecule has 3 aromatic rings. The number of anilines is 1. The van der Waals surface area contributed by atoms with Crippen LogP contribution in [0.3, 0.4) is 0 Å². The molecule has 0 bridgehead atoms. The van der Waals surface area contributed by atoms with Crippen LogP contribution in [0.5, 0.6) is 0 Å². The number of amides is 2. The summed E-state index contributed by atoms with van der Waals surface area (Å²) in [7, 11) is 1.58. The molecule has 0 saturated heterocycles. The Morgan fingerprint density at radius 1 is 1.09 bits per heavy atom. The van der Waals surface area contributed by atoms with Crippen molar-refractivity contribution in [3.05, 3.63) is 71.4 Å². The van der Waals surface area contributed by atoms with E-state index in [1.807, 2.05) is 36.4 Å². The van der Waals surface area contributed by atoms with E-state index in [0.29, 0.717) is 12.3 Å². The zero-order chi connectivity index (χ0) is 24.5. The van der Waals surface area contributed by atoms with Crippen molar-refractivity contribution in [1.82, 2.24) is 15.1 Å². The molecule has 180 valence electrons. The summed E-state index contributed by atoms with van der Waals surface area (Å²) in [6, 6.07) is 16.6. The van der Waals surface area contributed by atoms with Gasteiger partial charge in [-0.2, -0.15) is 5.10 Å². The van der Waals surface area contributed by atoms with Crippen molar-refractivity contribution in [2.75, 3.05) is 11.9 Å². The number of carboxylic acid groups (broad SMARTS) is 1. The smallest absolute Gasteiger partial charge is 0.412 e. The van der Waals surface area contributed by atoms with E-state index in [-0.39, 0.29) is 24.0 Å². The number of benzene rings is 2. The van der Waals surface area contributed by atoms with Gasteiger partial charge in [0, 0.05) is 19.0 Å². The molecule has 3 N–H and O–H groups in total. The van der Waals surface area contributed by atoms with Gasteiger partial charge in [-0.3, -0.25) is 14.8 Å². The Morgan fingerprint density at radius 3 is 2.31 bits per heavy atom. The van der Waals surface area contributed by atoms with Crippen LogP contribution in [0.25, 0.3) is 11.1 Å². The van der Waals surface area contributed by atoms with Crippen LogP contribution in [0.2, 0.25) is 0 Å². The van der Waals surface area contributed by atoms with E-state index in [0.717, 1.165) is 35.1 Å². The third-order valence-electron chi connectivity index (χ3n) is 6.56. The lowest BCUT2D eigenvalue weighted by molar-refractivity contribution is -0.139. The number of carbonyl (C=O) groups excluding carboxylic acids is 2. The molecule has 1 saturated carbocycles. The summed E-state index contributed by atoms with van der Waals surface area (Å²) in [5.41, 5.74) is 4.52. The molecule has 1 heterocycles. The highest BCUT2D eigenvalue weighted by Crippen LogP contribution is 2.44. The maximum absolute atomic E-state index is 12.6. The first-order chi connectivity index (χ1) is 16.9. The maximum Gasteiger partial charge on any atom is 0.412 e. The summed E-state index contributed by atoms with van der Waals surface area (Å²) in [6.07, 6.45) is 1.70. The monoisotopic (exact) mass is 474 g/mol. The van der Waals surface area contributed by atoms with Crippen molar-refractivity contribution >= 4 is 23.8 Å². The number of hydrogen-bond donors (Lipinski definition) is 3. The van der Waals surface area contributed by atoms with E-state index in [4.69, 9.17) is 4.74 Å². The fourth-order valence-corrected chi connectivity index (χ4v) is 4.57. The van der Waals surface area contributed by atoms with Crippen LogP contribution in [0.15, 0.2) is 54.6 Å². The number of nitrogens with zero attached hydrogens (tertiary/aromatic N) is 2. The number of aromatic nitrogens is 2. The number of aryl methyl sites for hydroxylation is 1. The molecule has 0 spiro atoms. The van der Waals surface area contributed by atoms with Crippen LogP contribution in [-0.2, 0) is 16.6 Å². The summed E-state index contributed by atoms with van der Waals surface area (Å²) in [5.74, 6) is -1.14. The number of ether oxygens (including phenoxy) is 1. The maximum atomic E-state index is 12.6. The van der Waals surface area contributed by atoms with Crippen molar-refractivity contribution in [3.63, 3.8) is 0 Å². The predicted octanol–water partition coefficient (Wildman–Crippen LogP) is 3.76. The molecule has 1 aromatic heterocycles. The molecule has 0 unspecified atom stereocenters. The normalized spacial score (nSPS) is 15.1. The van der Waals surface area contributed by atoms with Crippen LogP contribution < -0.4 is 10.6 Å². The van der Waals surface area contributed by atoms with Crippen molar-refractivity contribution in [2.24, 2.45) is 13.0 Å². The average Bonchev–Trinajstić information content (AvgIpc) is 3.51. The van der Waals surface area contributed by atoms with Crippen LogP contribution in [0, 0.1) is 5.92 Å². The third kappa shape index (κ3) is 4.75. The van der Waals surface area contributed by atoms with Gasteiger partial charge >= 0.3 is 12.1 Å². The second-order valence-electron chi connectivity index (χ2n) is 9.03. The van der Waals surface area contributed by atoms with Gasteiger partial charge in [0.05, 0.1) is 0 Å². The minimum atomic E-state index is -1.07. The van der Waals surface area contributed by atoms with Crippen molar-refractivity contribution in [3.8, 4) is 11.1 Å². The van der Waals surface area contributed by atoms with Gasteiger partial charge in [-0.25, -0.2) is 9.59 Å². The summed E-state index contributed by atoms with van der Waals surface area (Å²) < 4.78 is 6.89. The molecule has 1 atom stereocenters. The largest absolute Gasteiger partial charge is 0.480 e. The molecule has 0 aliphatic heterocycles. The molecule has 35 heavy (non-hydrogen) atoms. The van der Waals surface area contributed by atoms with Gasteiger partial charge in [0.25, 0.3) is 5.91 Å². The van der Waals surface area contributed by atoms with E-state index in [2.05, 4.69) is 27.9 Å². The summed E-state index contributed by atoms with van der Waals surface area (Å²) in [6.45, 7) is 0.159. The van der Waals surface area contributed by atoms with Crippen molar-refractivity contribution in [1.29, 1.82) is 0 Å². The molecule has 2 amide bonds.